The molecular weight excluding hydrogens is 988 g/mol. The summed E-state index contributed by atoms with van der Waals surface area (Å²) in [4.78, 5) is 37.8. The number of quaternary nitrogens is 1. The van der Waals surface area contributed by atoms with Crippen molar-refractivity contribution in [3.8, 4) is 0 Å². The first kappa shape index (κ1) is 75.2. The molecule has 0 radical (unpaired) electrons. The predicted octanol–water partition coefficient (Wildman–Crippen LogP) is 20.2. The lowest BCUT2D eigenvalue weighted by atomic mass is 10.0. The van der Waals surface area contributed by atoms with Crippen LogP contribution in [0.5, 0.6) is 0 Å². The van der Waals surface area contributed by atoms with Gasteiger partial charge in [0.1, 0.15) is 19.3 Å². The van der Waals surface area contributed by atoms with Gasteiger partial charge in [-0.05, 0) is 109 Å². The number of rotatable bonds is 58. The topological polar surface area (TPSA) is 111 Å². The molecule has 0 aromatic carbocycles. The van der Waals surface area contributed by atoms with E-state index >= 15 is 0 Å². The second kappa shape index (κ2) is 57.4. The Morgan fingerprint density at radius 1 is 0.449 bits per heavy atom. The average Bonchev–Trinajstić information content (AvgIpc) is 3.40. The van der Waals surface area contributed by atoms with E-state index in [1.807, 2.05) is 33.3 Å². The second-order valence-electron chi connectivity index (χ2n) is 22.9. The summed E-state index contributed by atoms with van der Waals surface area (Å²) in [6.07, 6.45) is 75.8. The quantitative estimate of drug-likeness (QED) is 0.0205. The van der Waals surface area contributed by atoms with Gasteiger partial charge in [0.15, 0.2) is 0 Å². The van der Waals surface area contributed by atoms with E-state index in [9.17, 15) is 19.0 Å². The summed E-state index contributed by atoms with van der Waals surface area (Å²) in [5, 5.41) is 3.05. The number of phosphoric ester groups is 1. The summed E-state index contributed by atoms with van der Waals surface area (Å²) < 4.78 is 30.7. The van der Waals surface area contributed by atoms with E-state index in [1.165, 1.54) is 161 Å². The zero-order chi connectivity index (χ0) is 57.2. The Morgan fingerprint density at radius 2 is 0.782 bits per heavy atom. The minimum Gasteiger partial charge on any atom is -0.456 e. The molecule has 0 aliphatic rings. The van der Waals surface area contributed by atoms with Gasteiger partial charge in [0.2, 0.25) is 5.91 Å². The monoisotopic (exact) mass is 1110 g/mol. The molecule has 2 N–H and O–H groups in total. The lowest BCUT2D eigenvalue weighted by molar-refractivity contribution is -0.870. The van der Waals surface area contributed by atoms with Gasteiger partial charge >= 0.3 is 13.8 Å². The third kappa shape index (κ3) is 57.9. The van der Waals surface area contributed by atoms with Crippen LogP contribution in [0.2, 0.25) is 0 Å². The van der Waals surface area contributed by atoms with Crippen LogP contribution >= 0.6 is 7.82 Å². The van der Waals surface area contributed by atoms with Crippen molar-refractivity contribution in [1.82, 2.24) is 5.32 Å². The lowest BCUT2D eigenvalue weighted by Crippen LogP contribution is -2.47. The minimum absolute atomic E-state index is 0.0316. The Labute approximate surface area is 482 Å². The molecule has 0 aliphatic heterocycles. The van der Waals surface area contributed by atoms with Gasteiger partial charge in [0.25, 0.3) is 0 Å². The van der Waals surface area contributed by atoms with Crippen molar-refractivity contribution in [1.29, 1.82) is 0 Å². The SMILES string of the molecule is CCCCC/C=C\C/C=C\C/C=C\C/C=C\CCCCCC(=O)OC(/C=C/CCCCCCCCCCCC)C(COP(=O)(O)OCC[N+](C)(C)C)NC(=O)CCCCCCCCCCCCC/C=C\C/C=C\CCCCC. The van der Waals surface area contributed by atoms with Crippen molar-refractivity contribution in [2.45, 2.75) is 296 Å². The molecule has 0 aromatic rings. The molecule has 0 aromatic heterocycles. The van der Waals surface area contributed by atoms with Gasteiger partial charge in [-0.3, -0.25) is 18.6 Å². The molecule has 0 spiro atoms. The Kier molecular flexibility index (Phi) is 55.4. The molecule has 452 valence electrons. The number of esters is 1. The first-order valence-electron chi connectivity index (χ1n) is 32.4. The lowest BCUT2D eigenvalue weighted by Gasteiger charge is -2.27. The van der Waals surface area contributed by atoms with E-state index in [4.69, 9.17) is 13.8 Å². The largest absolute Gasteiger partial charge is 0.472 e. The molecule has 0 heterocycles. The van der Waals surface area contributed by atoms with Gasteiger partial charge in [-0.1, -0.05) is 247 Å². The van der Waals surface area contributed by atoms with Gasteiger partial charge in [-0.25, -0.2) is 4.57 Å². The van der Waals surface area contributed by atoms with Crippen molar-refractivity contribution in [2.24, 2.45) is 0 Å². The van der Waals surface area contributed by atoms with Crippen molar-refractivity contribution in [3.05, 3.63) is 85.1 Å². The molecule has 0 saturated carbocycles. The van der Waals surface area contributed by atoms with Gasteiger partial charge in [-0.15, -0.1) is 0 Å². The molecule has 0 rings (SSSR count). The normalized spacial score (nSPS) is 14.2. The fourth-order valence-electron chi connectivity index (χ4n) is 9.01. The summed E-state index contributed by atoms with van der Waals surface area (Å²) in [5.74, 6) is -0.541. The van der Waals surface area contributed by atoms with Gasteiger partial charge in [-0.2, -0.15) is 0 Å². The maximum Gasteiger partial charge on any atom is 0.472 e. The highest BCUT2D eigenvalue weighted by Gasteiger charge is 2.30. The second-order valence-corrected chi connectivity index (χ2v) is 24.4. The number of carbonyl (C=O) groups is 2. The van der Waals surface area contributed by atoms with Gasteiger partial charge in [0, 0.05) is 12.8 Å². The molecule has 0 fully saturated rings. The number of nitrogens with one attached hydrogen (secondary N) is 1. The molecule has 10 heteroatoms. The first-order valence-corrected chi connectivity index (χ1v) is 33.9. The highest BCUT2D eigenvalue weighted by molar-refractivity contribution is 7.47. The van der Waals surface area contributed by atoms with Crippen molar-refractivity contribution in [3.63, 3.8) is 0 Å². The molecule has 0 aliphatic carbocycles. The third-order valence-electron chi connectivity index (χ3n) is 14.1. The maximum atomic E-state index is 13.6. The standard InChI is InChI=1S/C68H123N2O7P/c1-7-10-13-16-19-22-25-28-30-32-34-35-37-38-40-42-45-48-51-54-57-60-67(71)69-65(64-76-78(73,74)75-63-62-70(4,5)6)66(59-56-53-50-47-44-27-24-21-18-15-12-9-3)77-68(72)61-58-55-52-49-46-43-41-39-36-33-31-29-26-23-20-17-14-11-8-2/h19-20,22-23,28-31,36,39,43,46,56,59,65-66H,7-18,21,24-27,32-35,37-38,40-42,44-45,47-55,57-58,60-64H2,1-6H3,(H-,69,71,73,74)/p+1/b22-19-,23-20-,30-28-,31-29-,39-36-,46-43-,59-56+. The van der Waals surface area contributed by atoms with Crippen LogP contribution in [-0.4, -0.2) is 74.3 Å². The Morgan fingerprint density at radius 3 is 1.21 bits per heavy atom. The third-order valence-corrected chi connectivity index (χ3v) is 15.0. The molecular formula is C68H124N2O7P+. The number of amides is 1. The van der Waals surface area contributed by atoms with E-state index in [2.05, 4.69) is 99.0 Å². The Hall–Kier alpha value is -2.81. The van der Waals surface area contributed by atoms with Crippen molar-refractivity contribution < 1.29 is 37.3 Å². The number of carbonyl (C=O) groups excluding carboxylic acids is 2. The number of hydrogen-bond donors (Lipinski definition) is 2. The summed E-state index contributed by atoms with van der Waals surface area (Å²) in [7, 11) is 1.47. The number of hydrogen-bond acceptors (Lipinski definition) is 6. The molecule has 1 amide bonds. The summed E-state index contributed by atoms with van der Waals surface area (Å²) in [6.45, 7) is 6.95. The zero-order valence-electron chi connectivity index (χ0n) is 51.6. The number of nitrogens with zero attached hydrogens (tertiary/aromatic N) is 1. The number of ether oxygens (including phenoxy) is 1. The zero-order valence-corrected chi connectivity index (χ0v) is 52.5. The van der Waals surface area contributed by atoms with Crippen molar-refractivity contribution >= 4 is 19.7 Å². The van der Waals surface area contributed by atoms with E-state index in [0.717, 1.165) is 83.5 Å². The van der Waals surface area contributed by atoms with E-state index in [0.29, 0.717) is 23.9 Å². The molecule has 0 saturated heterocycles. The van der Waals surface area contributed by atoms with Crippen LogP contribution < -0.4 is 5.32 Å². The predicted molar refractivity (Wildman–Crippen MR) is 337 cm³/mol. The molecule has 78 heavy (non-hydrogen) atoms. The van der Waals surface area contributed by atoms with E-state index < -0.39 is 20.0 Å². The van der Waals surface area contributed by atoms with Gasteiger partial charge < -0.3 is 19.4 Å². The summed E-state index contributed by atoms with van der Waals surface area (Å²) in [5.41, 5.74) is 0. The van der Waals surface area contributed by atoms with Crippen LogP contribution in [-0.2, 0) is 27.9 Å². The average molecular weight is 1110 g/mol. The van der Waals surface area contributed by atoms with Crippen LogP contribution in [0.25, 0.3) is 0 Å². The highest BCUT2D eigenvalue weighted by atomic mass is 31.2. The minimum atomic E-state index is -4.46. The summed E-state index contributed by atoms with van der Waals surface area (Å²) in [6, 6.07) is -0.867. The summed E-state index contributed by atoms with van der Waals surface area (Å²) >= 11 is 0. The fourth-order valence-corrected chi connectivity index (χ4v) is 9.75. The van der Waals surface area contributed by atoms with Crippen LogP contribution in [0.4, 0.5) is 0 Å². The molecule has 3 unspecified atom stereocenters. The van der Waals surface area contributed by atoms with Crippen LogP contribution in [0.3, 0.4) is 0 Å². The van der Waals surface area contributed by atoms with E-state index in [1.54, 1.807) is 0 Å². The highest BCUT2D eigenvalue weighted by Crippen LogP contribution is 2.43. The number of phosphoric acid groups is 1. The van der Waals surface area contributed by atoms with E-state index in [-0.39, 0.29) is 31.5 Å². The van der Waals surface area contributed by atoms with Gasteiger partial charge in [0.05, 0.1) is 33.8 Å². The van der Waals surface area contributed by atoms with Crippen LogP contribution in [0.15, 0.2) is 85.1 Å². The number of likely N-dealkylation sites (N-methyl/N-ethyl adjacent to an activating group) is 1. The smallest absolute Gasteiger partial charge is 0.456 e. The Balaban J connectivity index is 5.26. The number of allylic oxidation sites excluding steroid dienone is 13. The Bertz CT molecular complexity index is 1610. The maximum absolute atomic E-state index is 13.6. The molecule has 9 nitrogen and oxygen atoms in total. The molecule has 0 bridgehead atoms. The van der Waals surface area contributed by atoms with Crippen molar-refractivity contribution in [2.75, 3.05) is 40.9 Å². The van der Waals surface area contributed by atoms with Crippen LogP contribution in [0, 0.1) is 0 Å². The molecule has 3 atom stereocenters. The number of unbranched alkanes of at least 4 members (excludes halogenated alkanes) is 30. The van der Waals surface area contributed by atoms with Crippen LogP contribution in [0.1, 0.15) is 284 Å². The fraction of sp³-hybridized carbons (Fsp3) is 0.765. The first-order chi connectivity index (χ1) is 37.9.